The summed E-state index contributed by atoms with van der Waals surface area (Å²) in [6, 6.07) is 6.58. The number of carboxylic acids is 1. The minimum Gasteiger partial charge on any atom is -0.481 e. The van der Waals surface area contributed by atoms with E-state index in [1.54, 1.807) is 24.3 Å². The highest BCUT2D eigenvalue weighted by Crippen LogP contribution is 2.62. The molecular weight excluding hydrogens is 290 g/mol. The van der Waals surface area contributed by atoms with Crippen LogP contribution in [0.4, 0.5) is 0 Å². The third-order valence-corrected chi connectivity index (χ3v) is 5.51. The van der Waals surface area contributed by atoms with Crippen LogP contribution in [0.25, 0.3) is 0 Å². The van der Waals surface area contributed by atoms with Gasteiger partial charge in [0, 0.05) is 23.7 Å². The number of carbonyl (C=O) groups is 1. The van der Waals surface area contributed by atoms with Gasteiger partial charge in [0.25, 0.3) is 0 Å². The molecule has 1 aromatic rings. The van der Waals surface area contributed by atoms with E-state index in [0.717, 1.165) is 6.26 Å². The lowest BCUT2D eigenvalue weighted by Gasteiger charge is -2.09. The molecule has 19 heavy (non-hydrogen) atoms. The van der Waals surface area contributed by atoms with Crippen LogP contribution in [0.3, 0.4) is 0 Å². The fourth-order valence-corrected chi connectivity index (χ4v) is 4.91. The van der Waals surface area contributed by atoms with Gasteiger partial charge in [-0.1, -0.05) is 23.7 Å². The molecule has 0 radical (unpaired) electrons. The number of halogens is 1. The number of benzene rings is 1. The fourth-order valence-electron chi connectivity index (χ4n) is 2.79. The third kappa shape index (κ3) is 2.13. The van der Waals surface area contributed by atoms with Crippen molar-refractivity contribution < 1.29 is 18.3 Å². The molecule has 1 aliphatic rings. The first-order valence-corrected chi connectivity index (χ1v) is 7.96. The first-order chi connectivity index (χ1) is 8.75. The molecular formula is C12H14ClNO4S. The van der Waals surface area contributed by atoms with Crippen LogP contribution in [0.15, 0.2) is 24.3 Å². The summed E-state index contributed by atoms with van der Waals surface area (Å²) in [5, 5.41) is 8.80. The van der Waals surface area contributed by atoms with Crippen molar-refractivity contribution in [2.24, 2.45) is 11.1 Å². The van der Waals surface area contributed by atoms with Crippen molar-refractivity contribution in [3.8, 4) is 0 Å². The van der Waals surface area contributed by atoms with E-state index in [1.807, 2.05) is 0 Å². The molecule has 0 aliphatic heterocycles. The van der Waals surface area contributed by atoms with Crippen LogP contribution in [-0.2, 0) is 14.6 Å². The molecule has 0 saturated heterocycles. The van der Waals surface area contributed by atoms with Crippen molar-refractivity contribution in [1.29, 1.82) is 0 Å². The molecule has 5 nitrogen and oxygen atoms in total. The van der Waals surface area contributed by atoms with Crippen LogP contribution >= 0.6 is 11.6 Å². The van der Waals surface area contributed by atoms with Crippen molar-refractivity contribution in [2.45, 2.75) is 11.2 Å². The molecule has 7 heteroatoms. The zero-order valence-electron chi connectivity index (χ0n) is 10.2. The minimum atomic E-state index is -3.51. The Hall–Kier alpha value is -1.11. The first kappa shape index (κ1) is 14.3. The van der Waals surface area contributed by atoms with Gasteiger partial charge < -0.3 is 10.8 Å². The number of rotatable bonds is 4. The molecule has 1 saturated carbocycles. The number of nitrogens with two attached hydrogens (primary N) is 1. The average molecular weight is 304 g/mol. The zero-order valence-corrected chi connectivity index (χ0v) is 11.8. The summed E-state index contributed by atoms with van der Waals surface area (Å²) < 4.78 is 23.6. The maximum absolute atomic E-state index is 11.8. The van der Waals surface area contributed by atoms with Gasteiger partial charge in [-0.25, -0.2) is 8.42 Å². The number of hydrogen-bond acceptors (Lipinski definition) is 4. The monoisotopic (exact) mass is 303 g/mol. The Morgan fingerprint density at radius 1 is 1.53 bits per heavy atom. The lowest BCUT2D eigenvalue weighted by Crippen LogP contribution is -2.31. The molecule has 0 aromatic heterocycles. The van der Waals surface area contributed by atoms with Crippen LogP contribution < -0.4 is 5.73 Å². The Morgan fingerprint density at radius 3 is 2.53 bits per heavy atom. The Balaban J connectivity index is 2.53. The van der Waals surface area contributed by atoms with Gasteiger partial charge >= 0.3 is 5.97 Å². The maximum atomic E-state index is 11.8. The quantitative estimate of drug-likeness (QED) is 0.860. The van der Waals surface area contributed by atoms with Gasteiger partial charge in [-0.2, -0.15) is 0 Å². The van der Waals surface area contributed by atoms with Crippen molar-refractivity contribution in [3.05, 3.63) is 34.9 Å². The molecule has 3 atom stereocenters. The molecule has 0 heterocycles. The molecule has 0 spiro atoms. The van der Waals surface area contributed by atoms with Crippen molar-refractivity contribution >= 4 is 27.4 Å². The highest BCUT2D eigenvalue weighted by atomic mass is 35.5. The molecule has 1 aromatic carbocycles. The maximum Gasteiger partial charge on any atom is 0.312 e. The number of hydrogen-bond donors (Lipinski definition) is 2. The smallest absolute Gasteiger partial charge is 0.312 e. The van der Waals surface area contributed by atoms with Gasteiger partial charge in [-0.05, 0) is 17.7 Å². The fraction of sp³-hybridized carbons (Fsp3) is 0.417. The normalized spacial score (nSPS) is 30.1. The second-order valence-corrected chi connectivity index (χ2v) is 7.44. The van der Waals surface area contributed by atoms with Gasteiger partial charge in [0.2, 0.25) is 0 Å². The Morgan fingerprint density at radius 2 is 2.16 bits per heavy atom. The minimum absolute atomic E-state index is 0.225. The summed E-state index contributed by atoms with van der Waals surface area (Å²) in [6.45, 7) is -0.225. The van der Waals surface area contributed by atoms with Crippen molar-refractivity contribution in [1.82, 2.24) is 0 Å². The standard InChI is InChI=1S/C12H14ClNO4S/c1-19(17,18)10-9(12(10,6-14)11(15)16)7-3-2-4-8(13)5-7/h2-5,9-10H,6,14H2,1H3,(H,15,16). The van der Waals surface area contributed by atoms with E-state index in [4.69, 9.17) is 17.3 Å². The van der Waals surface area contributed by atoms with Gasteiger partial charge in [0.15, 0.2) is 9.84 Å². The average Bonchev–Trinajstić information content (AvgIpc) is 2.99. The van der Waals surface area contributed by atoms with E-state index in [9.17, 15) is 18.3 Å². The first-order valence-electron chi connectivity index (χ1n) is 5.63. The van der Waals surface area contributed by atoms with Gasteiger partial charge in [-0.3, -0.25) is 4.79 Å². The SMILES string of the molecule is CS(=O)(=O)C1C(c2cccc(Cl)c2)C1(CN)C(=O)O. The molecule has 1 aliphatic carbocycles. The van der Waals surface area contributed by atoms with Gasteiger partial charge in [0.1, 0.15) is 5.41 Å². The van der Waals surface area contributed by atoms with E-state index >= 15 is 0 Å². The molecule has 1 fully saturated rings. The number of sulfone groups is 1. The predicted octanol–water partition coefficient (Wildman–Crippen LogP) is 0.880. The third-order valence-electron chi connectivity index (χ3n) is 3.66. The molecule has 104 valence electrons. The van der Waals surface area contributed by atoms with E-state index < -0.39 is 32.4 Å². The Labute approximate surface area is 116 Å². The van der Waals surface area contributed by atoms with Crippen molar-refractivity contribution in [2.75, 3.05) is 12.8 Å². The highest BCUT2D eigenvalue weighted by molar-refractivity contribution is 7.91. The molecule has 2 rings (SSSR count). The van der Waals surface area contributed by atoms with E-state index in [-0.39, 0.29) is 6.54 Å². The van der Waals surface area contributed by atoms with Gasteiger partial charge in [0.05, 0.1) is 5.25 Å². The van der Waals surface area contributed by atoms with Crippen LogP contribution in [0.5, 0.6) is 0 Å². The lowest BCUT2D eigenvalue weighted by molar-refractivity contribution is -0.143. The van der Waals surface area contributed by atoms with Crippen LogP contribution in [0.1, 0.15) is 11.5 Å². The Bertz CT molecular complexity index is 630. The second kappa shape index (κ2) is 4.47. The predicted molar refractivity (Wildman–Crippen MR) is 71.9 cm³/mol. The Kier molecular flexibility index (Phi) is 3.36. The highest BCUT2D eigenvalue weighted by Gasteiger charge is 2.74. The van der Waals surface area contributed by atoms with Gasteiger partial charge in [-0.15, -0.1) is 0 Å². The van der Waals surface area contributed by atoms with E-state index in [1.165, 1.54) is 0 Å². The summed E-state index contributed by atoms with van der Waals surface area (Å²) in [5.41, 5.74) is 4.69. The topological polar surface area (TPSA) is 97.5 Å². The van der Waals surface area contributed by atoms with E-state index in [2.05, 4.69) is 0 Å². The molecule has 0 amide bonds. The second-order valence-electron chi connectivity index (χ2n) is 4.83. The lowest BCUT2D eigenvalue weighted by atomic mass is 9.99. The van der Waals surface area contributed by atoms with E-state index in [0.29, 0.717) is 10.6 Å². The summed E-state index contributed by atoms with van der Waals surface area (Å²) in [5.74, 6) is -1.83. The number of aliphatic carboxylic acids is 1. The summed E-state index contributed by atoms with van der Waals surface area (Å²) >= 11 is 5.87. The summed E-state index contributed by atoms with van der Waals surface area (Å²) in [4.78, 5) is 11.5. The number of carboxylic acid groups (broad SMARTS) is 1. The molecule has 0 bridgehead atoms. The van der Waals surface area contributed by atoms with Crippen LogP contribution in [0, 0.1) is 5.41 Å². The summed E-state index contributed by atoms with van der Waals surface area (Å²) in [6.07, 6.45) is 1.04. The molecule has 3 unspecified atom stereocenters. The zero-order chi connectivity index (χ0) is 14.4. The van der Waals surface area contributed by atoms with Crippen LogP contribution in [0.2, 0.25) is 5.02 Å². The molecule has 3 N–H and O–H groups in total. The van der Waals surface area contributed by atoms with Crippen LogP contribution in [-0.4, -0.2) is 37.5 Å². The van der Waals surface area contributed by atoms with Crippen molar-refractivity contribution in [3.63, 3.8) is 0 Å². The largest absolute Gasteiger partial charge is 0.481 e. The summed E-state index contributed by atoms with van der Waals surface area (Å²) in [7, 11) is -3.51.